The highest BCUT2D eigenvalue weighted by Crippen LogP contribution is 2.31. The van der Waals surface area contributed by atoms with Crippen LogP contribution in [-0.2, 0) is 16.1 Å². The summed E-state index contributed by atoms with van der Waals surface area (Å²) in [6.07, 6.45) is 0.495. The molecule has 0 bridgehead atoms. The quantitative estimate of drug-likeness (QED) is 0.870. The molecule has 2 rings (SSSR count). The van der Waals surface area contributed by atoms with Gasteiger partial charge >= 0.3 is 6.09 Å². The Morgan fingerprint density at radius 1 is 1.57 bits per heavy atom. The van der Waals surface area contributed by atoms with Crippen LogP contribution in [0.25, 0.3) is 0 Å². The number of likely N-dealkylation sites (tertiary alicyclic amines) is 1. The molecule has 8 heteroatoms. The van der Waals surface area contributed by atoms with Crippen LogP contribution in [0.3, 0.4) is 0 Å². The second-order valence-corrected chi connectivity index (χ2v) is 7.81. The fraction of sp³-hybridized carbons (Fsp3) is 0.667. The van der Waals surface area contributed by atoms with Gasteiger partial charge in [0.05, 0.1) is 19.2 Å². The SMILES string of the molecule is CC(C)(C)OC(=O)N1CC(O)CC1(C)C(=O)NCc1nccs1. The Labute approximate surface area is 139 Å². The van der Waals surface area contributed by atoms with Gasteiger partial charge in [0.2, 0.25) is 5.91 Å². The Balaban J connectivity index is 2.08. The Morgan fingerprint density at radius 2 is 2.26 bits per heavy atom. The van der Waals surface area contributed by atoms with E-state index in [-0.39, 0.29) is 18.9 Å². The Bertz CT molecular complexity index is 570. The summed E-state index contributed by atoms with van der Waals surface area (Å²) < 4.78 is 5.35. The summed E-state index contributed by atoms with van der Waals surface area (Å²) in [6.45, 7) is 7.30. The lowest BCUT2D eigenvalue weighted by Crippen LogP contribution is -2.56. The largest absolute Gasteiger partial charge is 0.444 e. The summed E-state index contributed by atoms with van der Waals surface area (Å²) >= 11 is 1.44. The molecule has 2 unspecified atom stereocenters. The predicted molar refractivity (Wildman–Crippen MR) is 85.9 cm³/mol. The van der Waals surface area contributed by atoms with E-state index < -0.39 is 23.3 Å². The molecule has 1 fully saturated rings. The minimum Gasteiger partial charge on any atom is -0.444 e. The van der Waals surface area contributed by atoms with Crippen LogP contribution in [0.5, 0.6) is 0 Å². The van der Waals surface area contributed by atoms with E-state index in [2.05, 4.69) is 10.3 Å². The first-order valence-corrected chi connectivity index (χ1v) is 8.35. The summed E-state index contributed by atoms with van der Waals surface area (Å²) in [5.74, 6) is -0.324. The number of thiazole rings is 1. The monoisotopic (exact) mass is 341 g/mol. The molecule has 0 aromatic carbocycles. The van der Waals surface area contributed by atoms with Crippen LogP contribution >= 0.6 is 11.3 Å². The van der Waals surface area contributed by atoms with Gasteiger partial charge in [0.15, 0.2) is 0 Å². The Hall–Kier alpha value is -1.67. The lowest BCUT2D eigenvalue weighted by atomic mass is 9.97. The van der Waals surface area contributed by atoms with Crippen LogP contribution in [0.15, 0.2) is 11.6 Å². The number of carbonyl (C=O) groups excluding carboxylic acids is 2. The second kappa shape index (κ2) is 6.45. The van der Waals surface area contributed by atoms with E-state index in [0.29, 0.717) is 6.54 Å². The molecule has 7 nitrogen and oxygen atoms in total. The molecule has 2 heterocycles. The van der Waals surface area contributed by atoms with Crippen molar-refractivity contribution in [1.29, 1.82) is 0 Å². The topological polar surface area (TPSA) is 91.8 Å². The maximum Gasteiger partial charge on any atom is 0.411 e. The number of β-amino-alcohol motifs (C(OH)–C–C–N with tert-alkyl or cyclic N) is 1. The summed E-state index contributed by atoms with van der Waals surface area (Å²) in [4.78, 5) is 30.4. The number of aliphatic hydroxyl groups excluding tert-OH is 1. The number of ether oxygens (including phenoxy) is 1. The van der Waals surface area contributed by atoms with E-state index >= 15 is 0 Å². The highest BCUT2D eigenvalue weighted by atomic mass is 32.1. The first-order chi connectivity index (χ1) is 10.6. The fourth-order valence-electron chi connectivity index (χ4n) is 2.54. The van der Waals surface area contributed by atoms with Crippen LogP contribution in [0, 0.1) is 0 Å². The van der Waals surface area contributed by atoms with Crippen LogP contribution < -0.4 is 5.32 Å². The van der Waals surface area contributed by atoms with Gasteiger partial charge in [0.25, 0.3) is 0 Å². The third-order valence-electron chi connectivity index (χ3n) is 3.61. The van der Waals surface area contributed by atoms with Crippen molar-refractivity contribution in [2.45, 2.75) is 57.9 Å². The second-order valence-electron chi connectivity index (χ2n) is 6.83. The minimum absolute atomic E-state index is 0.0794. The molecule has 0 aliphatic carbocycles. The number of hydrogen-bond donors (Lipinski definition) is 2. The van der Waals surface area contributed by atoms with E-state index in [9.17, 15) is 14.7 Å². The maximum absolute atomic E-state index is 12.6. The number of amides is 2. The molecule has 1 aromatic heterocycles. The molecule has 2 atom stereocenters. The summed E-state index contributed by atoms with van der Waals surface area (Å²) in [5.41, 5.74) is -1.80. The van der Waals surface area contributed by atoms with E-state index in [1.807, 2.05) is 5.38 Å². The van der Waals surface area contributed by atoms with Gasteiger partial charge in [-0.25, -0.2) is 9.78 Å². The van der Waals surface area contributed by atoms with E-state index in [4.69, 9.17) is 4.74 Å². The average molecular weight is 341 g/mol. The van der Waals surface area contributed by atoms with Gasteiger partial charge in [0, 0.05) is 18.0 Å². The molecule has 1 aliphatic heterocycles. The maximum atomic E-state index is 12.6. The lowest BCUT2D eigenvalue weighted by Gasteiger charge is -2.34. The van der Waals surface area contributed by atoms with Crippen molar-refractivity contribution in [3.63, 3.8) is 0 Å². The zero-order chi connectivity index (χ0) is 17.3. The molecular formula is C15H23N3O4S. The molecule has 2 amide bonds. The number of nitrogens with zero attached hydrogens (tertiary/aromatic N) is 2. The zero-order valence-corrected chi connectivity index (χ0v) is 14.6. The number of nitrogens with one attached hydrogen (secondary N) is 1. The van der Waals surface area contributed by atoms with Crippen molar-refractivity contribution in [3.8, 4) is 0 Å². The van der Waals surface area contributed by atoms with Crippen molar-refractivity contribution < 1.29 is 19.4 Å². The molecule has 23 heavy (non-hydrogen) atoms. The van der Waals surface area contributed by atoms with Crippen molar-refractivity contribution in [2.75, 3.05) is 6.54 Å². The minimum atomic E-state index is -1.14. The molecule has 0 radical (unpaired) electrons. The highest BCUT2D eigenvalue weighted by Gasteiger charge is 2.50. The van der Waals surface area contributed by atoms with Gasteiger partial charge in [-0.05, 0) is 27.7 Å². The van der Waals surface area contributed by atoms with Gasteiger partial charge in [-0.15, -0.1) is 11.3 Å². The van der Waals surface area contributed by atoms with Crippen LogP contribution in [0.2, 0.25) is 0 Å². The van der Waals surface area contributed by atoms with Crippen LogP contribution in [0.4, 0.5) is 4.79 Å². The normalized spacial score (nSPS) is 24.6. The third-order valence-corrected chi connectivity index (χ3v) is 4.39. The Morgan fingerprint density at radius 3 is 2.83 bits per heavy atom. The molecular weight excluding hydrogens is 318 g/mol. The van der Waals surface area contributed by atoms with Gasteiger partial charge < -0.3 is 15.2 Å². The summed E-state index contributed by atoms with van der Waals surface area (Å²) in [6, 6.07) is 0. The van der Waals surface area contributed by atoms with Crippen LogP contribution in [-0.4, -0.2) is 50.8 Å². The lowest BCUT2D eigenvalue weighted by molar-refractivity contribution is -0.131. The van der Waals surface area contributed by atoms with E-state index in [0.717, 1.165) is 5.01 Å². The van der Waals surface area contributed by atoms with Gasteiger partial charge in [0.1, 0.15) is 16.1 Å². The first-order valence-electron chi connectivity index (χ1n) is 7.47. The van der Waals surface area contributed by atoms with Gasteiger partial charge in [-0.1, -0.05) is 0 Å². The molecule has 0 saturated carbocycles. The summed E-state index contributed by atoms with van der Waals surface area (Å²) in [7, 11) is 0. The highest BCUT2D eigenvalue weighted by molar-refractivity contribution is 7.09. The van der Waals surface area contributed by atoms with Crippen molar-refractivity contribution in [3.05, 3.63) is 16.6 Å². The number of aromatic nitrogens is 1. The zero-order valence-electron chi connectivity index (χ0n) is 13.8. The smallest absolute Gasteiger partial charge is 0.411 e. The van der Waals surface area contributed by atoms with Crippen molar-refractivity contribution in [1.82, 2.24) is 15.2 Å². The predicted octanol–water partition coefficient (Wildman–Crippen LogP) is 1.52. The van der Waals surface area contributed by atoms with Crippen molar-refractivity contribution in [2.24, 2.45) is 0 Å². The van der Waals surface area contributed by atoms with Crippen molar-refractivity contribution >= 4 is 23.3 Å². The summed E-state index contributed by atoms with van der Waals surface area (Å²) in [5, 5.41) is 15.3. The molecule has 2 N–H and O–H groups in total. The third kappa shape index (κ3) is 4.20. The molecule has 0 spiro atoms. The van der Waals surface area contributed by atoms with E-state index in [1.165, 1.54) is 16.2 Å². The van der Waals surface area contributed by atoms with Crippen LogP contribution in [0.1, 0.15) is 39.1 Å². The molecule has 128 valence electrons. The fourth-order valence-corrected chi connectivity index (χ4v) is 3.10. The number of hydrogen-bond acceptors (Lipinski definition) is 6. The van der Waals surface area contributed by atoms with E-state index in [1.54, 1.807) is 33.9 Å². The van der Waals surface area contributed by atoms with Gasteiger partial charge in [-0.3, -0.25) is 9.69 Å². The number of rotatable bonds is 3. The standard InChI is InChI=1S/C15H23N3O4S/c1-14(2,3)22-13(21)18-9-10(19)7-15(18,4)12(20)17-8-11-16-5-6-23-11/h5-6,10,19H,7-9H2,1-4H3,(H,17,20). The number of carbonyl (C=O) groups is 2. The van der Waals surface area contributed by atoms with Gasteiger partial charge in [-0.2, -0.15) is 0 Å². The average Bonchev–Trinajstić information content (AvgIpc) is 3.02. The number of aliphatic hydroxyl groups is 1. The molecule has 1 saturated heterocycles. The first kappa shape index (κ1) is 17.7. The molecule has 1 aliphatic rings. The Kier molecular flexibility index (Phi) is 4.95. The molecule has 1 aromatic rings.